The fourth-order valence-electron chi connectivity index (χ4n) is 4.67. The van der Waals surface area contributed by atoms with Gasteiger partial charge in [-0.1, -0.05) is 98.7 Å². The maximum atomic E-state index is 6.10. The maximum absolute atomic E-state index is 6.10. The highest BCUT2D eigenvalue weighted by atomic mass is 16.9. The van der Waals surface area contributed by atoms with Crippen molar-refractivity contribution in [3.05, 3.63) is 0 Å². The molecule has 2 aliphatic heterocycles. The van der Waals surface area contributed by atoms with Gasteiger partial charge in [-0.2, -0.15) is 9.88 Å². The van der Waals surface area contributed by atoms with Crippen LogP contribution in [0.1, 0.15) is 104 Å². The first-order chi connectivity index (χ1) is 14.5. The molecule has 8 N–H and O–H groups in total. The van der Waals surface area contributed by atoms with Gasteiger partial charge < -0.3 is 0 Å². The topological polar surface area (TPSA) is 136 Å². The van der Waals surface area contributed by atoms with Crippen molar-refractivity contribution in [1.29, 1.82) is 0 Å². The van der Waals surface area contributed by atoms with E-state index in [9.17, 15) is 0 Å². The molecular weight excluding hydrogens is 384 g/mol. The summed E-state index contributed by atoms with van der Waals surface area (Å²) in [6, 6.07) is 0.191. The normalized spacial score (nSPS) is 29.4. The number of hydrazine groups is 4. The first kappa shape index (κ1) is 25.9. The van der Waals surface area contributed by atoms with Crippen LogP contribution in [0.3, 0.4) is 0 Å². The molecule has 2 heterocycles. The predicted molar refractivity (Wildman–Crippen MR) is 117 cm³/mol. The summed E-state index contributed by atoms with van der Waals surface area (Å²) in [4.78, 5) is 10.9. The van der Waals surface area contributed by atoms with Crippen LogP contribution in [-0.4, -0.2) is 44.9 Å². The summed E-state index contributed by atoms with van der Waals surface area (Å²) in [7, 11) is 0. The van der Waals surface area contributed by atoms with Crippen molar-refractivity contribution < 1.29 is 9.88 Å². The monoisotopic (exact) mass is 430 g/mol. The third-order valence-corrected chi connectivity index (χ3v) is 6.54. The molecule has 0 saturated carbocycles. The number of nitrogens with two attached hydrogens (primary N) is 4. The lowest BCUT2D eigenvalue weighted by molar-refractivity contribution is -0.290. The van der Waals surface area contributed by atoms with E-state index in [2.05, 4.69) is 13.8 Å². The molecule has 0 aromatic rings. The number of unbranched alkanes of at least 4 members (excludes halogenated alkanes) is 8. The first-order valence-corrected chi connectivity index (χ1v) is 12.0. The van der Waals surface area contributed by atoms with Crippen molar-refractivity contribution in [2.24, 2.45) is 23.4 Å². The summed E-state index contributed by atoms with van der Waals surface area (Å²) >= 11 is 0. The van der Waals surface area contributed by atoms with Crippen LogP contribution in [0.15, 0.2) is 0 Å². The zero-order valence-corrected chi connectivity index (χ0v) is 19.1. The molecule has 2 saturated heterocycles. The highest BCUT2D eigenvalue weighted by molar-refractivity contribution is 4.87. The van der Waals surface area contributed by atoms with E-state index in [0.29, 0.717) is 0 Å². The fraction of sp³-hybridized carbons (Fsp3) is 1.00. The van der Waals surface area contributed by atoms with Gasteiger partial charge in [-0.15, -0.1) is 0 Å². The molecule has 2 fully saturated rings. The van der Waals surface area contributed by atoms with Crippen molar-refractivity contribution in [3.8, 4) is 0 Å². The van der Waals surface area contributed by atoms with Gasteiger partial charge in [-0.25, -0.2) is 23.4 Å². The Bertz CT molecular complexity index is 421. The molecule has 2 aliphatic rings. The maximum Gasteiger partial charge on any atom is 0.0725 e. The van der Waals surface area contributed by atoms with Crippen LogP contribution in [0, 0.1) is 0 Å². The van der Waals surface area contributed by atoms with Crippen molar-refractivity contribution in [2.45, 2.75) is 128 Å². The summed E-state index contributed by atoms with van der Waals surface area (Å²) in [5.74, 6) is 24.3. The molecule has 0 radical (unpaired) electrons. The number of nitrogens with zero attached hydrogens (tertiary/aromatic N) is 4. The molecule has 0 aromatic heterocycles. The third-order valence-electron chi connectivity index (χ3n) is 6.54. The van der Waals surface area contributed by atoms with Crippen LogP contribution < -0.4 is 23.4 Å². The zero-order chi connectivity index (χ0) is 21.9. The number of hydrogen-bond acceptors (Lipinski definition) is 10. The molecule has 0 aromatic carbocycles. The van der Waals surface area contributed by atoms with E-state index in [0.717, 1.165) is 38.5 Å². The quantitative estimate of drug-likeness (QED) is 0.226. The lowest BCUT2D eigenvalue weighted by Crippen LogP contribution is -2.45. The summed E-state index contributed by atoms with van der Waals surface area (Å²) in [6.07, 6.45) is 15.8. The van der Waals surface area contributed by atoms with Crippen molar-refractivity contribution in [2.75, 3.05) is 0 Å². The lowest BCUT2D eigenvalue weighted by atomic mass is 9.92. The first-order valence-electron chi connectivity index (χ1n) is 12.0. The Morgan fingerprint density at radius 1 is 0.467 bits per heavy atom. The zero-order valence-electron chi connectivity index (χ0n) is 19.1. The molecule has 4 unspecified atom stereocenters. The molecule has 0 aliphatic carbocycles. The number of rotatable bonds is 15. The second-order valence-electron chi connectivity index (χ2n) is 8.86. The highest BCUT2D eigenvalue weighted by Gasteiger charge is 2.43. The summed E-state index contributed by atoms with van der Waals surface area (Å²) in [5, 5.41) is 5.62. The molecule has 178 valence electrons. The van der Waals surface area contributed by atoms with Crippen LogP contribution >= 0.6 is 0 Å². The van der Waals surface area contributed by atoms with Crippen molar-refractivity contribution >= 4 is 0 Å². The van der Waals surface area contributed by atoms with Gasteiger partial charge in [0.25, 0.3) is 0 Å². The molecular formula is C20H46N8O2. The average molecular weight is 431 g/mol. The Kier molecular flexibility index (Phi) is 12.0. The highest BCUT2D eigenvalue weighted by Crippen LogP contribution is 2.30. The van der Waals surface area contributed by atoms with Crippen LogP contribution in [-0.2, 0) is 9.88 Å². The standard InChI is InChI=1S/C20H46N8O2/c1-3-5-7-9-11-13-17-19(27(23)29-25(17)21)15-16-20-18(26(22)30-28(20)24)14-12-10-8-6-4-2/h17-20H,3-16,21-24H2,1-2H3. The van der Waals surface area contributed by atoms with Gasteiger partial charge in [0.1, 0.15) is 0 Å². The Morgan fingerprint density at radius 3 is 1.10 bits per heavy atom. The Hall–Kier alpha value is -0.400. The van der Waals surface area contributed by atoms with Gasteiger partial charge in [0.05, 0.1) is 24.2 Å². The molecule has 10 heteroatoms. The van der Waals surface area contributed by atoms with Crippen molar-refractivity contribution in [1.82, 2.24) is 20.7 Å². The van der Waals surface area contributed by atoms with Crippen molar-refractivity contribution in [3.63, 3.8) is 0 Å². The van der Waals surface area contributed by atoms with Gasteiger partial charge in [-0.05, 0) is 25.7 Å². The molecule has 10 nitrogen and oxygen atoms in total. The second kappa shape index (κ2) is 13.9. The van der Waals surface area contributed by atoms with Gasteiger partial charge in [0.15, 0.2) is 0 Å². The van der Waals surface area contributed by atoms with E-state index in [1.807, 2.05) is 0 Å². The summed E-state index contributed by atoms with van der Waals surface area (Å²) in [6.45, 7) is 4.45. The smallest absolute Gasteiger partial charge is 0.0725 e. The molecule has 0 spiro atoms. The second-order valence-corrected chi connectivity index (χ2v) is 8.86. The number of hydrogen-bond donors (Lipinski definition) is 4. The minimum Gasteiger partial charge on any atom is -0.243 e. The number of hydroxylamine groups is 4. The minimum atomic E-state index is 0.0200. The third kappa shape index (κ3) is 7.63. The van der Waals surface area contributed by atoms with E-state index in [1.165, 1.54) is 72.1 Å². The van der Waals surface area contributed by atoms with Gasteiger partial charge in [0.2, 0.25) is 0 Å². The van der Waals surface area contributed by atoms with E-state index in [-0.39, 0.29) is 24.2 Å². The average Bonchev–Trinajstić information content (AvgIpc) is 3.13. The van der Waals surface area contributed by atoms with E-state index < -0.39 is 0 Å². The van der Waals surface area contributed by atoms with E-state index >= 15 is 0 Å². The van der Waals surface area contributed by atoms with E-state index in [4.69, 9.17) is 33.2 Å². The Morgan fingerprint density at radius 2 is 0.767 bits per heavy atom. The fourth-order valence-corrected chi connectivity index (χ4v) is 4.67. The predicted octanol–water partition coefficient (Wildman–Crippen LogP) is 2.39. The SMILES string of the molecule is CCCCCCCC1C(CCC2C(CCCCCCC)N(N)ON2N)N(N)ON1N. The lowest BCUT2D eigenvalue weighted by Gasteiger charge is -2.26. The van der Waals surface area contributed by atoms with Crippen LogP contribution in [0.2, 0.25) is 0 Å². The molecule has 0 amide bonds. The van der Waals surface area contributed by atoms with Gasteiger partial charge in [-0.3, -0.25) is 0 Å². The molecule has 4 atom stereocenters. The molecule has 0 bridgehead atoms. The van der Waals surface area contributed by atoms with Crippen LogP contribution in [0.5, 0.6) is 0 Å². The Labute approximate surface area is 182 Å². The minimum absolute atomic E-state index is 0.0200. The van der Waals surface area contributed by atoms with E-state index in [1.54, 1.807) is 0 Å². The molecule has 30 heavy (non-hydrogen) atoms. The van der Waals surface area contributed by atoms with Gasteiger partial charge in [0, 0.05) is 0 Å². The summed E-state index contributed by atoms with van der Waals surface area (Å²) in [5.41, 5.74) is 0. The Balaban J connectivity index is 1.83. The van der Waals surface area contributed by atoms with Gasteiger partial charge >= 0.3 is 0 Å². The van der Waals surface area contributed by atoms with Crippen LogP contribution in [0.25, 0.3) is 0 Å². The van der Waals surface area contributed by atoms with Crippen LogP contribution in [0.4, 0.5) is 0 Å². The largest absolute Gasteiger partial charge is 0.243 e. The summed E-state index contributed by atoms with van der Waals surface area (Å²) < 4.78 is 0. The molecule has 2 rings (SSSR count).